The van der Waals surface area contributed by atoms with Gasteiger partial charge in [-0.1, -0.05) is 48.5 Å². The highest BCUT2D eigenvalue weighted by Crippen LogP contribution is 2.44. The Morgan fingerprint density at radius 3 is 2.11 bits per heavy atom. The second kappa shape index (κ2) is 11.2. The zero-order valence-electron chi connectivity index (χ0n) is 21.7. The predicted octanol–water partition coefficient (Wildman–Crippen LogP) is 5.41. The molecule has 8 heteroatoms. The number of likely N-dealkylation sites (tertiary alicyclic amines) is 1. The number of benzene rings is 2. The standard InChI is InChI=1S/C29H36N2O6/c1-29(2,3)37-28(35)31-16-14-19(15-17-31)12-13-25(26(32)33)30-27(34)36-18-24-22-10-6-4-8-20(22)21-9-5-7-11-23(21)24/h4-11,19,24-25H,12-18H2,1-3H3,(H,30,34)(H,32,33)/t25-/m0/s1. The molecule has 1 aliphatic heterocycles. The Morgan fingerprint density at radius 2 is 1.57 bits per heavy atom. The van der Waals surface area contributed by atoms with Gasteiger partial charge in [0.15, 0.2) is 0 Å². The maximum atomic E-state index is 12.6. The van der Waals surface area contributed by atoms with Gasteiger partial charge in [0.1, 0.15) is 18.2 Å². The van der Waals surface area contributed by atoms with Gasteiger partial charge in [0, 0.05) is 19.0 Å². The summed E-state index contributed by atoms with van der Waals surface area (Å²) in [5.74, 6) is -0.888. The third-order valence-electron chi connectivity index (χ3n) is 7.06. The summed E-state index contributed by atoms with van der Waals surface area (Å²) in [6.45, 7) is 6.82. The highest BCUT2D eigenvalue weighted by molar-refractivity contribution is 5.81. The zero-order chi connectivity index (χ0) is 26.6. The molecule has 0 unspecified atom stereocenters. The van der Waals surface area contributed by atoms with Crippen molar-refractivity contribution in [1.82, 2.24) is 10.2 Å². The molecule has 2 aliphatic rings. The Bertz CT molecular complexity index is 1090. The summed E-state index contributed by atoms with van der Waals surface area (Å²) in [5, 5.41) is 12.2. The van der Waals surface area contributed by atoms with E-state index in [0.29, 0.717) is 25.9 Å². The molecule has 2 aromatic carbocycles. The molecule has 4 rings (SSSR count). The molecular formula is C29H36N2O6. The van der Waals surface area contributed by atoms with E-state index in [1.807, 2.05) is 57.2 Å². The number of carboxylic acid groups (broad SMARTS) is 1. The Morgan fingerprint density at radius 1 is 1.00 bits per heavy atom. The first kappa shape index (κ1) is 26.5. The summed E-state index contributed by atoms with van der Waals surface area (Å²) in [7, 11) is 0. The van der Waals surface area contributed by atoms with Crippen molar-refractivity contribution >= 4 is 18.2 Å². The fraction of sp³-hybridized carbons (Fsp3) is 0.483. The van der Waals surface area contributed by atoms with E-state index < -0.39 is 23.7 Å². The van der Waals surface area contributed by atoms with Crippen LogP contribution in [0, 0.1) is 5.92 Å². The maximum Gasteiger partial charge on any atom is 0.410 e. The van der Waals surface area contributed by atoms with Crippen LogP contribution in [0.1, 0.15) is 63.5 Å². The van der Waals surface area contributed by atoms with Gasteiger partial charge in [0.05, 0.1) is 0 Å². The quantitative estimate of drug-likeness (QED) is 0.518. The number of carbonyl (C=O) groups is 3. The van der Waals surface area contributed by atoms with E-state index in [9.17, 15) is 19.5 Å². The smallest absolute Gasteiger partial charge is 0.410 e. The Balaban J connectivity index is 1.25. The molecule has 0 spiro atoms. The average Bonchev–Trinajstić information content (AvgIpc) is 3.18. The molecule has 1 saturated heterocycles. The summed E-state index contributed by atoms with van der Waals surface area (Å²) in [6, 6.07) is 15.1. The van der Waals surface area contributed by atoms with Crippen molar-refractivity contribution in [3.05, 3.63) is 59.7 Å². The monoisotopic (exact) mass is 508 g/mol. The van der Waals surface area contributed by atoms with Gasteiger partial charge in [-0.2, -0.15) is 0 Å². The number of ether oxygens (including phenoxy) is 2. The summed E-state index contributed by atoms with van der Waals surface area (Å²) in [4.78, 5) is 38.4. The van der Waals surface area contributed by atoms with Gasteiger partial charge in [-0.25, -0.2) is 14.4 Å². The average molecular weight is 509 g/mol. The molecule has 0 aromatic heterocycles. The van der Waals surface area contributed by atoms with Crippen molar-refractivity contribution in [2.75, 3.05) is 19.7 Å². The van der Waals surface area contributed by atoms with Crippen molar-refractivity contribution in [1.29, 1.82) is 0 Å². The SMILES string of the molecule is CC(C)(C)OC(=O)N1CCC(CC[C@H](NC(=O)OCC2c3ccccc3-c3ccccc32)C(=O)O)CC1. The van der Waals surface area contributed by atoms with Gasteiger partial charge in [-0.3, -0.25) is 0 Å². The lowest BCUT2D eigenvalue weighted by Crippen LogP contribution is -2.43. The number of aliphatic carboxylic acids is 1. The van der Waals surface area contributed by atoms with Crippen LogP contribution in [0.5, 0.6) is 0 Å². The van der Waals surface area contributed by atoms with Crippen molar-refractivity contribution in [2.45, 2.75) is 64.0 Å². The van der Waals surface area contributed by atoms with E-state index in [1.54, 1.807) is 4.90 Å². The number of amides is 2. The lowest BCUT2D eigenvalue weighted by molar-refractivity contribution is -0.139. The van der Waals surface area contributed by atoms with Crippen LogP contribution in [0.15, 0.2) is 48.5 Å². The van der Waals surface area contributed by atoms with Gasteiger partial charge < -0.3 is 24.8 Å². The van der Waals surface area contributed by atoms with Gasteiger partial charge in [0.25, 0.3) is 0 Å². The number of hydrogen-bond acceptors (Lipinski definition) is 5. The Hall–Kier alpha value is -3.55. The topological polar surface area (TPSA) is 105 Å². The van der Waals surface area contributed by atoms with E-state index in [4.69, 9.17) is 9.47 Å². The lowest BCUT2D eigenvalue weighted by Gasteiger charge is -2.33. The lowest BCUT2D eigenvalue weighted by atomic mass is 9.90. The molecule has 0 radical (unpaired) electrons. The van der Waals surface area contributed by atoms with Crippen molar-refractivity contribution in [3.63, 3.8) is 0 Å². The molecule has 1 aliphatic carbocycles. The molecule has 0 bridgehead atoms. The van der Waals surface area contributed by atoms with Crippen LogP contribution in [0.2, 0.25) is 0 Å². The number of piperidine rings is 1. The number of nitrogens with one attached hydrogen (secondary N) is 1. The number of alkyl carbamates (subject to hydrolysis) is 1. The number of carboxylic acids is 1. The largest absolute Gasteiger partial charge is 0.480 e. The molecule has 2 amide bonds. The predicted molar refractivity (Wildman–Crippen MR) is 139 cm³/mol. The van der Waals surface area contributed by atoms with Crippen LogP contribution in [0.25, 0.3) is 11.1 Å². The highest BCUT2D eigenvalue weighted by Gasteiger charge is 2.31. The van der Waals surface area contributed by atoms with Crippen molar-refractivity contribution < 1.29 is 29.0 Å². The first-order valence-electron chi connectivity index (χ1n) is 12.9. The second-order valence-corrected chi connectivity index (χ2v) is 10.8. The molecular weight excluding hydrogens is 472 g/mol. The molecule has 37 heavy (non-hydrogen) atoms. The molecule has 0 saturated carbocycles. The van der Waals surface area contributed by atoms with Crippen molar-refractivity contribution in [3.8, 4) is 11.1 Å². The minimum Gasteiger partial charge on any atom is -0.480 e. The van der Waals surface area contributed by atoms with E-state index in [2.05, 4.69) is 17.4 Å². The van der Waals surface area contributed by atoms with Gasteiger partial charge in [-0.15, -0.1) is 0 Å². The molecule has 2 N–H and O–H groups in total. The molecule has 8 nitrogen and oxygen atoms in total. The Labute approximate surface area is 217 Å². The summed E-state index contributed by atoms with van der Waals surface area (Å²) >= 11 is 0. The van der Waals surface area contributed by atoms with E-state index >= 15 is 0 Å². The third kappa shape index (κ3) is 6.61. The molecule has 1 heterocycles. The first-order chi connectivity index (χ1) is 17.6. The van der Waals surface area contributed by atoms with Crippen LogP contribution < -0.4 is 5.32 Å². The number of hydrogen-bond donors (Lipinski definition) is 2. The van der Waals surface area contributed by atoms with Crippen LogP contribution in [0.3, 0.4) is 0 Å². The van der Waals surface area contributed by atoms with Gasteiger partial charge >= 0.3 is 18.2 Å². The number of rotatable bonds is 7. The van der Waals surface area contributed by atoms with Gasteiger partial charge in [0.2, 0.25) is 0 Å². The number of nitrogens with zero attached hydrogens (tertiary/aromatic N) is 1. The van der Waals surface area contributed by atoms with Crippen molar-refractivity contribution in [2.24, 2.45) is 5.92 Å². The number of carbonyl (C=O) groups excluding carboxylic acids is 2. The minimum absolute atomic E-state index is 0.0865. The molecule has 1 fully saturated rings. The normalized spacial score (nSPS) is 16.5. The van der Waals surface area contributed by atoms with E-state index in [0.717, 1.165) is 35.1 Å². The minimum atomic E-state index is -1.08. The van der Waals surface area contributed by atoms with E-state index in [1.165, 1.54) is 0 Å². The Kier molecular flexibility index (Phi) is 8.05. The summed E-state index contributed by atoms with van der Waals surface area (Å²) in [5.41, 5.74) is 3.93. The molecule has 1 atom stereocenters. The van der Waals surface area contributed by atoms with Gasteiger partial charge in [-0.05, 0) is 74.6 Å². The van der Waals surface area contributed by atoms with E-state index in [-0.39, 0.29) is 24.5 Å². The first-order valence-corrected chi connectivity index (χ1v) is 12.9. The van der Waals surface area contributed by atoms with Crippen LogP contribution in [-0.2, 0) is 14.3 Å². The van der Waals surface area contributed by atoms with Crippen LogP contribution >= 0.6 is 0 Å². The maximum absolute atomic E-state index is 12.6. The fourth-order valence-corrected chi connectivity index (χ4v) is 5.17. The van der Waals surface area contributed by atoms with Crippen LogP contribution in [0.4, 0.5) is 9.59 Å². The molecule has 198 valence electrons. The summed E-state index contributed by atoms with van der Waals surface area (Å²) in [6.07, 6.45) is 1.45. The second-order valence-electron chi connectivity index (χ2n) is 10.8. The zero-order valence-corrected chi connectivity index (χ0v) is 21.7. The van der Waals surface area contributed by atoms with Crippen LogP contribution in [-0.4, -0.2) is 59.5 Å². The third-order valence-corrected chi connectivity index (χ3v) is 7.06. The summed E-state index contributed by atoms with van der Waals surface area (Å²) < 4.78 is 11.0. The number of fused-ring (bicyclic) bond motifs is 3. The molecule has 2 aromatic rings. The fourth-order valence-electron chi connectivity index (χ4n) is 5.17. The highest BCUT2D eigenvalue weighted by atomic mass is 16.6.